The van der Waals surface area contributed by atoms with Crippen LogP contribution in [0, 0.1) is 0 Å². The Labute approximate surface area is 170 Å². The molecule has 1 heterocycles. The zero-order valence-corrected chi connectivity index (χ0v) is 16.6. The van der Waals surface area contributed by atoms with E-state index in [-0.39, 0.29) is 11.6 Å². The van der Waals surface area contributed by atoms with Gasteiger partial charge in [-0.25, -0.2) is 0 Å². The zero-order chi connectivity index (χ0) is 22.1. The van der Waals surface area contributed by atoms with Crippen LogP contribution >= 0.6 is 0 Å². The van der Waals surface area contributed by atoms with Gasteiger partial charge in [-0.15, -0.1) is 0 Å². The van der Waals surface area contributed by atoms with Gasteiger partial charge in [0, 0.05) is 23.1 Å². The van der Waals surface area contributed by atoms with Crippen molar-refractivity contribution in [2.75, 3.05) is 19.6 Å². The standard InChI is InChI=1S/C22H22F6N2/c1-3-30(4-2)10-9-18-17-7-5-6-8-19(17)29-20(18)14-11-15(21(23,24)25)13-16(12-14)22(26,27)28/h5-8,11-13,29H,3-4,9-10H2,1-2H3. The maximum Gasteiger partial charge on any atom is 0.416 e. The van der Waals surface area contributed by atoms with Crippen molar-refractivity contribution < 1.29 is 26.3 Å². The van der Waals surface area contributed by atoms with E-state index in [2.05, 4.69) is 9.88 Å². The van der Waals surface area contributed by atoms with Gasteiger partial charge in [0.1, 0.15) is 0 Å². The number of rotatable bonds is 6. The van der Waals surface area contributed by atoms with Gasteiger partial charge in [0.15, 0.2) is 0 Å². The molecule has 1 aromatic heterocycles. The smallest absolute Gasteiger partial charge is 0.354 e. The quantitative estimate of drug-likeness (QED) is 0.430. The SMILES string of the molecule is CCN(CC)CCc1c(-c2cc(C(F)(F)F)cc(C(F)(F)F)c2)[nH]c2ccccc12. The highest BCUT2D eigenvalue weighted by atomic mass is 19.4. The molecule has 30 heavy (non-hydrogen) atoms. The summed E-state index contributed by atoms with van der Waals surface area (Å²) in [5.74, 6) is 0. The van der Waals surface area contributed by atoms with Crippen LogP contribution in [0.15, 0.2) is 42.5 Å². The lowest BCUT2D eigenvalue weighted by molar-refractivity contribution is -0.143. The number of alkyl halides is 6. The molecule has 3 rings (SSSR count). The summed E-state index contributed by atoms with van der Waals surface area (Å²) < 4.78 is 79.9. The molecule has 0 atom stereocenters. The molecule has 0 unspecified atom stereocenters. The second kappa shape index (κ2) is 8.34. The topological polar surface area (TPSA) is 19.0 Å². The molecule has 0 radical (unpaired) electrons. The highest BCUT2D eigenvalue weighted by molar-refractivity contribution is 5.91. The van der Waals surface area contributed by atoms with Gasteiger partial charge in [0.25, 0.3) is 0 Å². The van der Waals surface area contributed by atoms with E-state index in [9.17, 15) is 26.3 Å². The average molecular weight is 428 g/mol. The molecule has 0 fully saturated rings. The van der Waals surface area contributed by atoms with E-state index >= 15 is 0 Å². The fourth-order valence-electron chi connectivity index (χ4n) is 3.62. The third-order valence-corrected chi connectivity index (χ3v) is 5.26. The summed E-state index contributed by atoms with van der Waals surface area (Å²) in [6.07, 6.45) is -9.27. The normalized spacial score (nSPS) is 12.8. The molecule has 0 aliphatic carbocycles. The second-order valence-electron chi connectivity index (χ2n) is 7.10. The molecule has 0 saturated carbocycles. The lowest BCUT2D eigenvalue weighted by atomic mass is 9.98. The van der Waals surface area contributed by atoms with E-state index in [1.807, 2.05) is 19.9 Å². The Bertz CT molecular complexity index is 980. The van der Waals surface area contributed by atoms with Gasteiger partial charge < -0.3 is 9.88 Å². The third-order valence-electron chi connectivity index (χ3n) is 5.26. The molecular formula is C22H22F6N2. The molecule has 0 spiro atoms. The summed E-state index contributed by atoms with van der Waals surface area (Å²) in [4.78, 5) is 5.20. The number of hydrogen-bond acceptors (Lipinski definition) is 1. The fraction of sp³-hybridized carbons (Fsp3) is 0.364. The van der Waals surface area contributed by atoms with E-state index < -0.39 is 23.5 Å². The van der Waals surface area contributed by atoms with Crippen molar-refractivity contribution in [3.05, 3.63) is 59.2 Å². The number of nitrogens with one attached hydrogen (secondary N) is 1. The number of nitrogens with zero attached hydrogens (tertiary/aromatic N) is 1. The molecule has 0 saturated heterocycles. The molecule has 0 bridgehead atoms. The number of aromatic nitrogens is 1. The van der Waals surface area contributed by atoms with Gasteiger partial charge >= 0.3 is 12.4 Å². The van der Waals surface area contributed by atoms with Crippen LogP contribution in [-0.4, -0.2) is 29.5 Å². The Kier molecular flexibility index (Phi) is 6.17. The van der Waals surface area contributed by atoms with Crippen LogP contribution in [0.25, 0.3) is 22.2 Å². The molecule has 0 aliphatic rings. The Hall–Kier alpha value is -2.48. The van der Waals surface area contributed by atoms with E-state index in [4.69, 9.17) is 0 Å². The number of H-pyrrole nitrogens is 1. The summed E-state index contributed by atoms with van der Waals surface area (Å²) in [5, 5.41) is 0.797. The van der Waals surface area contributed by atoms with Crippen LogP contribution in [0.1, 0.15) is 30.5 Å². The lowest BCUT2D eigenvalue weighted by Gasteiger charge is -2.18. The molecule has 162 valence electrons. The minimum atomic E-state index is -4.89. The van der Waals surface area contributed by atoms with Gasteiger partial charge in [0.2, 0.25) is 0 Å². The molecule has 3 aromatic rings. The Morgan fingerprint density at radius 2 is 1.40 bits per heavy atom. The Morgan fingerprint density at radius 3 is 1.93 bits per heavy atom. The first-order valence-corrected chi connectivity index (χ1v) is 9.66. The zero-order valence-electron chi connectivity index (χ0n) is 16.6. The number of para-hydroxylation sites is 1. The van der Waals surface area contributed by atoms with Gasteiger partial charge in [0.05, 0.1) is 11.1 Å². The van der Waals surface area contributed by atoms with Crippen molar-refractivity contribution >= 4 is 10.9 Å². The van der Waals surface area contributed by atoms with Crippen molar-refractivity contribution in [2.24, 2.45) is 0 Å². The Balaban J connectivity index is 2.19. The molecule has 0 amide bonds. The van der Waals surface area contributed by atoms with Crippen molar-refractivity contribution in [1.29, 1.82) is 0 Å². The van der Waals surface area contributed by atoms with Crippen LogP contribution in [0.4, 0.5) is 26.3 Å². The van der Waals surface area contributed by atoms with Crippen molar-refractivity contribution in [1.82, 2.24) is 9.88 Å². The number of fused-ring (bicyclic) bond motifs is 1. The molecule has 0 aliphatic heterocycles. The minimum Gasteiger partial charge on any atom is -0.354 e. The fourth-order valence-corrected chi connectivity index (χ4v) is 3.62. The van der Waals surface area contributed by atoms with E-state index in [0.29, 0.717) is 29.7 Å². The number of aromatic amines is 1. The van der Waals surface area contributed by atoms with Crippen LogP contribution in [0.3, 0.4) is 0 Å². The molecular weight excluding hydrogens is 406 g/mol. The highest BCUT2D eigenvalue weighted by Gasteiger charge is 2.37. The van der Waals surface area contributed by atoms with Crippen molar-refractivity contribution in [3.8, 4) is 11.3 Å². The van der Waals surface area contributed by atoms with E-state index in [1.54, 1.807) is 18.2 Å². The van der Waals surface area contributed by atoms with Crippen LogP contribution in [-0.2, 0) is 18.8 Å². The summed E-state index contributed by atoms with van der Waals surface area (Å²) in [7, 11) is 0. The Morgan fingerprint density at radius 1 is 0.833 bits per heavy atom. The number of hydrogen-bond donors (Lipinski definition) is 1. The third kappa shape index (κ3) is 4.64. The van der Waals surface area contributed by atoms with Gasteiger partial charge in [-0.3, -0.25) is 0 Å². The first kappa shape index (κ1) is 22.2. The van der Waals surface area contributed by atoms with Crippen molar-refractivity contribution in [3.63, 3.8) is 0 Å². The monoisotopic (exact) mass is 428 g/mol. The summed E-state index contributed by atoms with van der Waals surface area (Å²) >= 11 is 0. The lowest BCUT2D eigenvalue weighted by Crippen LogP contribution is -2.25. The summed E-state index contributed by atoms with van der Waals surface area (Å²) in [5.41, 5.74) is -1.08. The maximum atomic E-state index is 13.3. The highest BCUT2D eigenvalue weighted by Crippen LogP contribution is 2.40. The first-order chi connectivity index (χ1) is 14.0. The molecule has 1 N–H and O–H groups in total. The number of benzene rings is 2. The number of halogens is 6. The first-order valence-electron chi connectivity index (χ1n) is 9.66. The summed E-state index contributed by atoms with van der Waals surface area (Å²) in [6.45, 7) is 6.25. The van der Waals surface area contributed by atoms with E-state index in [1.165, 1.54) is 0 Å². The van der Waals surface area contributed by atoms with Crippen LogP contribution < -0.4 is 0 Å². The molecule has 2 nitrogen and oxygen atoms in total. The van der Waals surface area contributed by atoms with Gasteiger partial charge in [-0.1, -0.05) is 32.0 Å². The van der Waals surface area contributed by atoms with Crippen LogP contribution in [0.2, 0.25) is 0 Å². The summed E-state index contributed by atoms with van der Waals surface area (Å²) in [6, 6.07) is 8.87. The van der Waals surface area contributed by atoms with Crippen molar-refractivity contribution in [2.45, 2.75) is 32.6 Å². The van der Waals surface area contributed by atoms with E-state index in [0.717, 1.165) is 30.6 Å². The van der Waals surface area contributed by atoms with Crippen LogP contribution in [0.5, 0.6) is 0 Å². The predicted octanol–water partition coefficient (Wildman–Crippen LogP) is 6.76. The average Bonchev–Trinajstić information content (AvgIpc) is 3.06. The largest absolute Gasteiger partial charge is 0.416 e. The number of likely N-dealkylation sites (N-methyl/N-ethyl adjacent to an activating group) is 1. The molecule has 8 heteroatoms. The van der Waals surface area contributed by atoms with Gasteiger partial charge in [-0.05, 0) is 54.9 Å². The maximum absolute atomic E-state index is 13.3. The second-order valence-corrected chi connectivity index (χ2v) is 7.10. The molecule has 2 aromatic carbocycles. The van der Waals surface area contributed by atoms with Gasteiger partial charge in [-0.2, -0.15) is 26.3 Å². The predicted molar refractivity (Wildman–Crippen MR) is 105 cm³/mol. The minimum absolute atomic E-state index is 0.122.